The van der Waals surface area contributed by atoms with E-state index in [4.69, 9.17) is 0 Å². The number of fused-ring (bicyclic) bond motifs is 2. The smallest absolute Gasteiger partial charge is 0.223 e. The largest absolute Gasteiger partial charge is 0.335 e. The van der Waals surface area contributed by atoms with Crippen LogP contribution < -0.4 is 5.32 Å². The maximum absolute atomic E-state index is 13.1. The summed E-state index contributed by atoms with van der Waals surface area (Å²) in [6.45, 7) is 3.03. The monoisotopic (exact) mass is 326 g/mol. The number of carbonyl (C=O) groups excluding carboxylic acids is 1. The molecule has 2 aliphatic heterocycles. The van der Waals surface area contributed by atoms with E-state index in [0.29, 0.717) is 30.0 Å². The van der Waals surface area contributed by atoms with Crippen molar-refractivity contribution in [3.05, 3.63) is 35.9 Å². The maximum Gasteiger partial charge on any atom is 0.223 e. The quantitative estimate of drug-likeness (QED) is 0.864. The van der Waals surface area contributed by atoms with Crippen molar-refractivity contribution in [3.8, 4) is 0 Å². The average Bonchev–Trinajstić information content (AvgIpc) is 3.38. The first-order valence-electron chi connectivity index (χ1n) is 9.78. The van der Waals surface area contributed by atoms with Gasteiger partial charge in [0.25, 0.3) is 0 Å². The standard InChI is InChI=1S/C21H30N2O/c1-15(18-7-8-18)23(14-16-5-3-2-4-6-16)21(24)13-17-11-19-9-10-20(12-17)22-19/h2-6,15,17-20,22H,7-14H2,1H3. The molecular weight excluding hydrogens is 296 g/mol. The van der Waals surface area contributed by atoms with Gasteiger partial charge in [0, 0.05) is 31.1 Å². The zero-order valence-corrected chi connectivity index (χ0v) is 14.8. The zero-order valence-electron chi connectivity index (χ0n) is 14.8. The number of piperidine rings is 1. The van der Waals surface area contributed by atoms with E-state index >= 15 is 0 Å². The van der Waals surface area contributed by atoms with Gasteiger partial charge in [0.05, 0.1) is 0 Å². The summed E-state index contributed by atoms with van der Waals surface area (Å²) in [6, 6.07) is 12.2. The van der Waals surface area contributed by atoms with Gasteiger partial charge in [0.1, 0.15) is 0 Å². The molecule has 2 heterocycles. The molecule has 4 rings (SSSR count). The SMILES string of the molecule is CC(C1CC1)N(Cc1ccccc1)C(=O)CC1CC2CCC(C1)N2. The van der Waals surface area contributed by atoms with Gasteiger partial charge < -0.3 is 10.2 Å². The molecule has 0 spiro atoms. The number of rotatable bonds is 6. The van der Waals surface area contributed by atoms with Crippen LogP contribution in [0.15, 0.2) is 30.3 Å². The summed E-state index contributed by atoms with van der Waals surface area (Å²) in [7, 11) is 0. The van der Waals surface area contributed by atoms with E-state index < -0.39 is 0 Å². The molecule has 3 aliphatic rings. The van der Waals surface area contributed by atoms with Gasteiger partial charge in [-0.2, -0.15) is 0 Å². The van der Waals surface area contributed by atoms with E-state index in [2.05, 4.69) is 41.4 Å². The van der Waals surface area contributed by atoms with Gasteiger partial charge in [0.15, 0.2) is 0 Å². The highest BCUT2D eigenvalue weighted by molar-refractivity contribution is 5.77. The second kappa shape index (κ2) is 6.87. The van der Waals surface area contributed by atoms with Crippen LogP contribution in [-0.2, 0) is 11.3 Å². The molecule has 0 aromatic heterocycles. The molecule has 1 aliphatic carbocycles. The Labute approximate surface area is 145 Å². The van der Waals surface area contributed by atoms with Crippen LogP contribution >= 0.6 is 0 Å². The molecule has 3 nitrogen and oxygen atoms in total. The lowest BCUT2D eigenvalue weighted by Gasteiger charge is -2.33. The van der Waals surface area contributed by atoms with Crippen LogP contribution in [0.5, 0.6) is 0 Å². The van der Waals surface area contributed by atoms with Crippen LogP contribution in [0.4, 0.5) is 0 Å². The minimum absolute atomic E-state index is 0.379. The fourth-order valence-corrected chi connectivity index (χ4v) is 4.78. The molecule has 1 saturated carbocycles. The number of nitrogens with zero attached hydrogens (tertiary/aromatic N) is 1. The highest BCUT2D eigenvalue weighted by atomic mass is 16.2. The molecule has 130 valence electrons. The van der Waals surface area contributed by atoms with Crippen LogP contribution in [0, 0.1) is 11.8 Å². The minimum Gasteiger partial charge on any atom is -0.335 e. The fourth-order valence-electron chi connectivity index (χ4n) is 4.78. The van der Waals surface area contributed by atoms with E-state index in [-0.39, 0.29) is 0 Å². The van der Waals surface area contributed by atoms with Gasteiger partial charge in [-0.25, -0.2) is 0 Å². The molecule has 3 unspecified atom stereocenters. The number of benzene rings is 1. The predicted octanol–water partition coefficient (Wildman–Crippen LogP) is 3.73. The van der Waals surface area contributed by atoms with Crippen molar-refractivity contribution in [1.29, 1.82) is 0 Å². The summed E-state index contributed by atoms with van der Waals surface area (Å²) in [5, 5.41) is 3.69. The van der Waals surface area contributed by atoms with Crippen LogP contribution in [0.3, 0.4) is 0 Å². The molecule has 1 aromatic carbocycles. The highest BCUT2D eigenvalue weighted by Crippen LogP contribution is 2.37. The molecule has 24 heavy (non-hydrogen) atoms. The Morgan fingerprint density at radius 2 is 1.79 bits per heavy atom. The summed E-state index contributed by atoms with van der Waals surface area (Å²) < 4.78 is 0. The molecule has 3 fully saturated rings. The Kier molecular flexibility index (Phi) is 4.62. The number of hydrogen-bond donors (Lipinski definition) is 1. The van der Waals surface area contributed by atoms with Crippen LogP contribution in [0.1, 0.15) is 57.4 Å². The van der Waals surface area contributed by atoms with Gasteiger partial charge in [-0.3, -0.25) is 4.79 Å². The molecule has 2 saturated heterocycles. The second-order valence-electron chi connectivity index (χ2n) is 8.26. The first-order chi connectivity index (χ1) is 11.7. The number of hydrogen-bond acceptors (Lipinski definition) is 2. The Morgan fingerprint density at radius 3 is 2.42 bits per heavy atom. The third kappa shape index (κ3) is 3.66. The van der Waals surface area contributed by atoms with Crippen molar-refractivity contribution in [2.24, 2.45) is 11.8 Å². The van der Waals surface area contributed by atoms with Crippen molar-refractivity contribution < 1.29 is 4.79 Å². The van der Waals surface area contributed by atoms with Crippen LogP contribution in [-0.4, -0.2) is 28.9 Å². The maximum atomic E-state index is 13.1. The van der Waals surface area contributed by atoms with Gasteiger partial charge in [-0.05, 0) is 62.8 Å². The molecule has 2 bridgehead atoms. The summed E-state index contributed by atoms with van der Waals surface area (Å²) in [5.74, 6) is 1.69. The average molecular weight is 326 g/mol. The second-order valence-corrected chi connectivity index (χ2v) is 8.26. The van der Waals surface area contributed by atoms with Crippen LogP contribution in [0.25, 0.3) is 0 Å². The van der Waals surface area contributed by atoms with Crippen LogP contribution in [0.2, 0.25) is 0 Å². The van der Waals surface area contributed by atoms with E-state index in [1.165, 1.54) is 44.1 Å². The zero-order chi connectivity index (χ0) is 16.5. The van der Waals surface area contributed by atoms with Crippen molar-refractivity contribution in [3.63, 3.8) is 0 Å². The van der Waals surface area contributed by atoms with E-state index in [1.807, 2.05) is 6.07 Å². The Hall–Kier alpha value is -1.35. The Bertz CT molecular complexity index is 556. The highest BCUT2D eigenvalue weighted by Gasteiger charge is 2.37. The number of carbonyl (C=O) groups is 1. The summed E-state index contributed by atoms with van der Waals surface area (Å²) in [5.41, 5.74) is 1.25. The van der Waals surface area contributed by atoms with Gasteiger partial charge in [-0.15, -0.1) is 0 Å². The van der Waals surface area contributed by atoms with E-state index in [1.54, 1.807) is 0 Å². The molecule has 1 amide bonds. The van der Waals surface area contributed by atoms with Crippen molar-refractivity contribution in [2.45, 2.75) is 76.5 Å². The Balaban J connectivity index is 1.42. The molecule has 3 atom stereocenters. The summed E-state index contributed by atoms with van der Waals surface area (Å²) >= 11 is 0. The van der Waals surface area contributed by atoms with E-state index in [9.17, 15) is 4.79 Å². The third-order valence-electron chi connectivity index (χ3n) is 6.35. The summed E-state index contributed by atoms with van der Waals surface area (Å²) in [6.07, 6.45) is 8.33. The molecule has 1 N–H and O–H groups in total. The normalized spacial score (nSPS) is 30.1. The summed E-state index contributed by atoms with van der Waals surface area (Å²) in [4.78, 5) is 15.3. The predicted molar refractivity (Wildman–Crippen MR) is 96.5 cm³/mol. The van der Waals surface area contributed by atoms with Gasteiger partial charge in [-0.1, -0.05) is 30.3 Å². The van der Waals surface area contributed by atoms with Crippen molar-refractivity contribution >= 4 is 5.91 Å². The first-order valence-corrected chi connectivity index (χ1v) is 9.78. The molecule has 3 heteroatoms. The van der Waals surface area contributed by atoms with Gasteiger partial charge >= 0.3 is 0 Å². The topological polar surface area (TPSA) is 32.3 Å². The fraction of sp³-hybridized carbons (Fsp3) is 0.667. The van der Waals surface area contributed by atoms with Gasteiger partial charge in [0.2, 0.25) is 5.91 Å². The molecule has 0 radical (unpaired) electrons. The van der Waals surface area contributed by atoms with E-state index in [0.717, 1.165) is 18.9 Å². The number of nitrogens with one attached hydrogen (secondary N) is 1. The third-order valence-corrected chi connectivity index (χ3v) is 6.35. The lowest BCUT2D eigenvalue weighted by atomic mass is 9.89. The van der Waals surface area contributed by atoms with Crippen molar-refractivity contribution in [1.82, 2.24) is 10.2 Å². The first kappa shape index (κ1) is 16.1. The van der Waals surface area contributed by atoms with Crippen molar-refractivity contribution in [2.75, 3.05) is 0 Å². The lowest BCUT2D eigenvalue weighted by molar-refractivity contribution is -0.135. The number of amides is 1. The minimum atomic E-state index is 0.379. The molecular formula is C21H30N2O. The lowest BCUT2D eigenvalue weighted by Crippen LogP contribution is -2.43. The Morgan fingerprint density at radius 1 is 1.12 bits per heavy atom. The molecule has 1 aromatic rings.